The van der Waals surface area contributed by atoms with E-state index in [1.807, 2.05) is 88.4 Å². The van der Waals surface area contributed by atoms with Crippen molar-refractivity contribution >= 4 is 23.9 Å². The SMILES string of the molecule is CCCCCOC(=O)C(C(C)C)C(C(=O)OCCCCC)C(C)C.O=C(O)C(Cc1ccccc1)C(Cc1ccccc1)C(=O)O. The van der Waals surface area contributed by atoms with E-state index >= 15 is 0 Å². The van der Waals surface area contributed by atoms with Gasteiger partial charge in [-0.2, -0.15) is 0 Å². The highest BCUT2D eigenvalue weighted by atomic mass is 16.5. The van der Waals surface area contributed by atoms with E-state index < -0.39 is 35.6 Å². The van der Waals surface area contributed by atoms with E-state index in [1.54, 1.807) is 0 Å². The minimum absolute atomic E-state index is 0.0410. The molecule has 0 fully saturated rings. The Morgan fingerprint density at radius 3 is 1.15 bits per heavy atom. The Morgan fingerprint density at radius 2 is 0.891 bits per heavy atom. The Kier molecular flexibility index (Phi) is 20.0. The van der Waals surface area contributed by atoms with Gasteiger partial charge in [0, 0.05) is 0 Å². The maximum atomic E-state index is 12.5. The zero-order valence-electron chi connectivity index (χ0n) is 28.7. The summed E-state index contributed by atoms with van der Waals surface area (Å²) in [6, 6.07) is 18.2. The standard InChI is InChI=1S/C20H38O4.C18H18O4/c1-7-9-11-13-23-19(21)17(15(3)4)18(16(5)6)20(22)24-14-12-10-8-2;19-17(20)15(11-13-7-3-1-4-8-13)16(18(21)22)12-14-9-5-2-6-10-14/h15-18H,7-14H2,1-6H3;1-10,15-16H,11-12H2,(H,19,20)(H,21,22). The lowest BCUT2D eigenvalue weighted by Gasteiger charge is -2.29. The van der Waals surface area contributed by atoms with Crippen LogP contribution in [0.1, 0.15) is 91.2 Å². The van der Waals surface area contributed by atoms with E-state index in [9.17, 15) is 29.4 Å². The van der Waals surface area contributed by atoms with Gasteiger partial charge in [-0.1, -0.05) is 128 Å². The van der Waals surface area contributed by atoms with Crippen molar-refractivity contribution in [3.8, 4) is 0 Å². The normalized spacial score (nSPS) is 13.6. The molecule has 4 unspecified atom stereocenters. The van der Waals surface area contributed by atoms with E-state index in [4.69, 9.17) is 9.47 Å². The fourth-order valence-corrected chi connectivity index (χ4v) is 5.45. The first-order chi connectivity index (χ1) is 21.9. The summed E-state index contributed by atoms with van der Waals surface area (Å²) in [4.78, 5) is 48.2. The van der Waals surface area contributed by atoms with Crippen molar-refractivity contribution in [2.45, 2.75) is 92.9 Å². The second-order valence-electron chi connectivity index (χ2n) is 12.6. The highest BCUT2D eigenvalue weighted by molar-refractivity contribution is 5.82. The number of carbonyl (C=O) groups excluding carboxylic acids is 2. The van der Waals surface area contributed by atoms with Gasteiger partial charge >= 0.3 is 23.9 Å². The number of hydrogen-bond donors (Lipinski definition) is 2. The third kappa shape index (κ3) is 15.1. The number of ether oxygens (including phenoxy) is 2. The first-order valence-electron chi connectivity index (χ1n) is 16.8. The van der Waals surface area contributed by atoms with Crippen LogP contribution in [-0.4, -0.2) is 47.3 Å². The predicted molar refractivity (Wildman–Crippen MR) is 180 cm³/mol. The van der Waals surface area contributed by atoms with Crippen molar-refractivity contribution in [1.82, 2.24) is 0 Å². The monoisotopic (exact) mass is 640 g/mol. The van der Waals surface area contributed by atoms with Crippen LogP contribution >= 0.6 is 0 Å². The Hall–Kier alpha value is -3.68. The van der Waals surface area contributed by atoms with E-state index in [0.29, 0.717) is 13.2 Å². The molecule has 2 N–H and O–H groups in total. The van der Waals surface area contributed by atoms with Gasteiger partial charge in [-0.25, -0.2) is 0 Å². The van der Waals surface area contributed by atoms with Crippen molar-refractivity contribution in [2.75, 3.05) is 13.2 Å². The molecule has 2 aromatic rings. The fraction of sp³-hybridized carbons (Fsp3) is 0.579. The van der Waals surface area contributed by atoms with Gasteiger partial charge in [0.25, 0.3) is 0 Å². The number of carboxylic acids is 2. The molecule has 0 saturated carbocycles. The van der Waals surface area contributed by atoms with Gasteiger partial charge in [0.2, 0.25) is 0 Å². The molecule has 0 amide bonds. The molecule has 0 heterocycles. The van der Waals surface area contributed by atoms with Crippen LogP contribution in [0.3, 0.4) is 0 Å². The molecular weight excluding hydrogens is 584 g/mol. The number of rotatable bonds is 20. The maximum Gasteiger partial charge on any atom is 0.310 e. The molecule has 0 saturated heterocycles. The summed E-state index contributed by atoms with van der Waals surface area (Å²) < 4.78 is 10.9. The molecule has 0 spiro atoms. The molecule has 8 heteroatoms. The van der Waals surface area contributed by atoms with Crippen molar-refractivity contribution in [1.29, 1.82) is 0 Å². The number of benzene rings is 2. The Morgan fingerprint density at radius 1 is 0.565 bits per heavy atom. The minimum atomic E-state index is -1.08. The molecule has 0 aliphatic carbocycles. The summed E-state index contributed by atoms with van der Waals surface area (Å²) in [6.07, 6.45) is 6.44. The van der Waals surface area contributed by atoms with Crippen LogP contribution in [0.5, 0.6) is 0 Å². The zero-order valence-corrected chi connectivity index (χ0v) is 28.7. The molecule has 2 rings (SSSR count). The summed E-state index contributed by atoms with van der Waals surface area (Å²) in [5.74, 6) is -5.38. The fourth-order valence-electron chi connectivity index (χ4n) is 5.45. The summed E-state index contributed by atoms with van der Waals surface area (Å²) >= 11 is 0. The van der Waals surface area contributed by atoms with E-state index in [2.05, 4.69) is 13.8 Å². The summed E-state index contributed by atoms with van der Waals surface area (Å²) in [5, 5.41) is 18.9. The Labute approximate surface area is 275 Å². The highest BCUT2D eigenvalue weighted by Gasteiger charge is 2.40. The first kappa shape index (κ1) is 40.3. The lowest BCUT2D eigenvalue weighted by Crippen LogP contribution is -2.39. The number of carboxylic acid groups (broad SMARTS) is 2. The Bertz CT molecular complexity index is 1050. The quantitative estimate of drug-likeness (QED) is 0.111. The largest absolute Gasteiger partial charge is 0.481 e. The van der Waals surface area contributed by atoms with Crippen LogP contribution in [0.4, 0.5) is 0 Å². The molecule has 0 aliphatic heterocycles. The average molecular weight is 641 g/mol. The van der Waals surface area contributed by atoms with Crippen molar-refractivity contribution in [3.63, 3.8) is 0 Å². The number of aliphatic carboxylic acids is 2. The molecule has 256 valence electrons. The summed E-state index contributed by atoms with van der Waals surface area (Å²) in [5.41, 5.74) is 1.66. The third-order valence-corrected chi connectivity index (χ3v) is 8.07. The molecule has 0 aliphatic rings. The second kappa shape index (κ2) is 22.8. The van der Waals surface area contributed by atoms with Crippen molar-refractivity contribution in [3.05, 3.63) is 71.8 Å². The summed E-state index contributed by atoms with van der Waals surface area (Å²) in [7, 11) is 0. The van der Waals surface area contributed by atoms with Crippen molar-refractivity contribution < 1.29 is 38.9 Å². The molecule has 0 bridgehead atoms. The van der Waals surface area contributed by atoms with Gasteiger partial charge < -0.3 is 19.7 Å². The van der Waals surface area contributed by atoms with Gasteiger partial charge in [0.05, 0.1) is 36.9 Å². The molecule has 0 radical (unpaired) electrons. The topological polar surface area (TPSA) is 127 Å². The number of hydrogen-bond acceptors (Lipinski definition) is 6. The summed E-state index contributed by atoms with van der Waals surface area (Å²) in [6.45, 7) is 13.0. The predicted octanol–water partition coefficient (Wildman–Crippen LogP) is 7.87. The molecule has 2 aromatic carbocycles. The van der Waals surface area contributed by atoms with Crippen molar-refractivity contribution in [2.24, 2.45) is 35.5 Å². The zero-order chi connectivity index (χ0) is 34.5. The smallest absolute Gasteiger partial charge is 0.310 e. The van der Waals surface area contributed by atoms with Crippen LogP contribution in [0.2, 0.25) is 0 Å². The van der Waals surface area contributed by atoms with E-state index in [-0.39, 0.29) is 36.6 Å². The van der Waals surface area contributed by atoms with Gasteiger partial charge in [-0.05, 0) is 48.6 Å². The molecule has 0 aromatic heterocycles. The molecular formula is C38H56O8. The van der Waals surface area contributed by atoms with Gasteiger partial charge in [0.15, 0.2) is 0 Å². The maximum absolute atomic E-state index is 12.5. The molecule has 8 nitrogen and oxygen atoms in total. The van der Waals surface area contributed by atoms with Gasteiger partial charge in [-0.3, -0.25) is 19.2 Å². The van der Waals surface area contributed by atoms with E-state index in [1.165, 1.54) is 0 Å². The van der Waals surface area contributed by atoms with Crippen LogP contribution in [0.15, 0.2) is 60.7 Å². The lowest BCUT2D eigenvalue weighted by atomic mass is 9.77. The average Bonchev–Trinajstić information content (AvgIpc) is 3.02. The van der Waals surface area contributed by atoms with Crippen LogP contribution < -0.4 is 0 Å². The third-order valence-electron chi connectivity index (χ3n) is 8.07. The highest BCUT2D eigenvalue weighted by Crippen LogP contribution is 2.30. The minimum Gasteiger partial charge on any atom is -0.481 e. The number of unbranched alkanes of at least 4 members (excludes halogenated alkanes) is 4. The number of carbonyl (C=O) groups is 4. The second-order valence-corrected chi connectivity index (χ2v) is 12.6. The van der Waals surface area contributed by atoms with Crippen LogP contribution in [0.25, 0.3) is 0 Å². The van der Waals surface area contributed by atoms with Crippen LogP contribution in [-0.2, 0) is 41.5 Å². The van der Waals surface area contributed by atoms with Crippen LogP contribution in [0, 0.1) is 35.5 Å². The van der Waals surface area contributed by atoms with Gasteiger partial charge in [-0.15, -0.1) is 0 Å². The molecule has 4 atom stereocenters. The molecule has 46 heavy (non-hydrogen) atoms. The lowest BCUT2D eigenvalue weighted by molar-refractivity contribution is -0.165. The van der Waals surface area contributed by atoms with E-state index in [0.717, 1.165) is 49.7 Å². The Balaban J connectivity index is 0.000000461. The van der Waals surface area contributed by atoms with Gasteiger partial charge in [0.1, 0.15) is 0 Å². The first-order valence-corrected chi connectivity index (χ1v) is 16.8. The number of esters is 2.